The van der Waals surface area contributed by atoms with Gasteiger partial charge in [0.25, 0.3) is 0 Å². The summed E-state index contributed by atoms with van der Waals surface area (Å²) in [5.74, 6) is -0.316. The van der Waals surface area contributed by atoms with Gasteiger partial charge in [-0.3, -0.25) is 0 Å². The summed E-state index contributed by atoms with van der Waals surface area (Å²) in [5, 5.41) is 11.3. The van der Waals surface area contributed by atoms with Crippen molar-refractivity contribution in [3.8, 4) is 0 Å². The minimum Gasteiger partial charge on any atom is -0.389 e. The second kappa shape index (κ2) is 5.19. The zero-order chi connectivity index (χ0) is 14.2. The van der Waals surface area contributed by atoms with Gasteiger partial charge >= 0.3 is 0 Å². The zero-order valence-corrected chi connectivity index (χ0v) is 11.8. The van der Waals surface area contributed by atoms with Crippen molar-refractivity contribution in [1.29, 1.82) is 0 Å². The third kappa shape index (κ3) is 2.72. The van der Waals surface area contributed by atoms with Crippen LogP contribution < -0.4 is 0 Å². The highest BCUT2D eigenvalue weighted by atomic mass is 35.5. The van der Waals surface area contributed by atoms with Gasteiger partial charge in [-0.2, -0.15) is 0 Å². The van der Waals surface area contributed by atoms with E-state index >= 15 is 0 Å². The topological polar surface area (TPSA) is 20.2 Å². The van der Waals surface area contributed by atoms with Crippen LogP contribution in [0.5, 0.6) is 0 Å². The number of hydrogen-bond donors (Lipinski definition) is 1. The summed E-state index contributed by atoms with van der Waals surface area (Å²) in [5.41, 5.74) is 2.30. The second-order valence-corrected chi connectivity index (χ2v) is 5.99. The minimum atomic E-state index is -0.841. The first-order valence-electron chi connectivity index (χ1n) is 6.79. The molecule has 0 amide bonds. The molecular weight excluding hydrogens is 275 g/mol. The van der Waals surface area contributed by atoms with Gasteiger partial charge in [0, 0.05) is 17.9 Å². The van der Waals surface area contributed by atoms with E-state index in [-0.39, 0.29) is 5.82 Å². The third-order valence-corrected chi connectivity index (χ3v) is 4.39. The van der Waals surface area contributed by atoms with E-state index in [1.165, 1.54) is 23.3 Å². The summed E-state index contributed by atoms with van der Waals surface area (Å²) in [6.45, 7) is 0. The Morgan fingerprint density at radius 2 is 1.90 bits per heavy atom. The van der Waals surface area contributed by atoms with E-state index < -0.39 is 5.60 Å². The number of aliphatic hydroxyl groups is 1. The van der Waals surface area contributed by atoms with E-state index in [0.29, 0.717) is 29.8 Å². The van der Waals surface area contributed by atoms with E-state index in [1.807, 2.05) is 18.2 Å². The van der Waals surface area contributed by atoms with Gasteiger partial charge in [-0.25, -0.2) is 4.39 Å². The molecule has 0 radical (unpaired) electrons. The fourth-order valence-corrected chi connectivity index (χ4v) is 3.15. The fourth-order valence-electron chi connectivity index (χ4n) is 2.97. The van der Waals surface area contributed by atoms with Gasteiger partial charge in [0.2, 0.25) is 0 Å². The Kier molecular flexibility index (Phi) is 3.53. The molecule has 0 heterocycles. The maximum absolute atomic E-state index is 13.3. The molecule has 20 heavy (non-hydrogen) atoms. The number of fused-ring (bicyclic) bond motifs is 1. The quantitative estimate of drug-likeness (QED) is 0.888. The fraction of sp³-hybridized carbons (Fsp3) is 0.294. The van der Waals surface area contributed by atoms with Crippen molar-refractivity contribution in [2.45, 2.75) is 31.3 Å². The van der Waals surface area contributed by atoms with E-state index in [4.69, 9.17) is 11.6 Å². The Balaban J connectivity index is 1.86. The van der Waals surface area contributed by atoms with Crippen LogP contribution in [-0.2, 0) is 19.3 Å². The van der Waals surface area contributed by atoms with Crippen LogP contribution in [0.1, 0.15) is 23.1 Å². The Hall–Kier alpha value is -1.38. The maximum atomic E-state index is 13.3. The lowest BCUT2D eigenvalue weighted by Gasteiger charge is -2.34. The third-order valence-electron chi connectivity index (χ3n) is 4.02. The van der Waals surface area contributed by atoms with Crippen LogP contribution in [-0.4, -0.2) is 10.7 Å². The molecule has 1 aliphatic rings. The van der Waals surface area contributed by atoms with E-state index in [0.717, 1.165) is 6.42 Å². The first-order valence-corrected chi connectivity index (χ1v) is 7.17. The molecule has 0 bridgehead atoms. The first kappa shape index (κ1) is 13.6. The average Bonchev–Trinajstić information content (AvgIpc) is 2.42. The molecule has 0 aromatic heterocycles. The van der Waals surface area contributed by atoms with Crippen molar-refractivity contribution in [2.24, 2.45) is 0 Å². The number of benzene rings is 2. The lowest BCUT2D eigenvalue weighted by Crippen LogP contribution is -2.38. The molecule has 104 valence electrons. The number of hydrogen-bond acceptors (Lipinski definition) is 1. The summed E-state index contributed by atoms with van der Waals surface area (Å²) in [6.07, 6.45) is 2.50. The lowest BCUT2D eigenvalue weighted by atomic mass is 9.77. The van der Waals surface area contributed by atoms with Gasteiger partial charge in [0.05, 0.1) is 5.60 Å². The molecular formula is C17H16ClFO. The Labute approximate surface area is 123 Å². The molecule has 3 heteroatoms. The van der Waals surface area contributed by atoms with Crippen LogP contribution in [0.4, 0.5) is 4.39 Å². The van der Waals surface area contributed by atoms with E-state index in [1.54, 1.807) is 6.07 Å². The van der Waals surface area contributed by atoms with Crippen molar-refractivity contribution in [3.63, 3.8) is 0 Å². The van der Waals surface area contributed by atoms with Crippen LogP contribution in [0.2, 0.25) is 5.02 Å². The molecule has 0 saturated heterocycles. The van der Waals surface area contributed by atoms with Crippen LogP contribution in [0.25, 0.3) is 0 Å². The molecule has 1 aliphatic carbocycles. The number of halogens is 2. The second-order valence-electron chi connectivity index (χ2n) is 5.58. The van der Waals surface area contributed by atoms with Crippen molar-refractivity contribution in [3.05, 3.63) is 70.0 Å². The highest BCUT2D eigenvalue weighted by Gasteiger charge is 2.32. The first-order chi connectivity index (χ1) is 9.56. The van der Waals surface area contributed by atoms with Crippen LogP contribution in [0.15, 0.2) is 42.5 Å². The summed E-state index contributed by atoms with van der Waals surface area (Å²) in [4.78, 5) is 0. The SMILES string of the molecule is OC1(Cc2cc(F)ccc2Cl)CCc2ccccc2C1. The normalized spacial score (nSPS) is 21.6. The summed E-state index contributed by atoms with van der Waals surface area (Å²) in [6, 6.07) is 12.5. The van der Waals surface area contributed by atoms with Gasteiger partial charge in [-0.1, -0.05) is 35.9 Å². The largest absolute Gasteiger partial charge is 0.389 e. The Bertz CT molecular complexity index is 641. The molecule has 0 fully saturated rings. The van der Waals surface area contributed by atoms with Crippen molar-refractivity contribution in [2.75, 3.05) is 0 Å². The van der Waals surface area contributed by atoms with Crippen LogP contribution in [0, 0.1) is 5.82 Å². The van der Waals surface area contributed by atoms with Crippen molar-refractivity contribution >= 4 is 11.6 Å². The van der Waals surface area contributed by atoms with Gasteiger partial charge in [-0.15, -0.1) is 0 Å². The molecule has 2 aromatic carbocycles. The Morgan fingerprint density at radius 3 is 2.70 bits per heavy atom. The molecule has 1 N–H and O–H groups in total. The highest BCUT2D eigenvalue weighted by molar-refractivity contribution is 6.31. The van der Waals surface area contributed by atoms with Crippen molar-refractivity contribution < 1.29 is 9.50 Å². The average molecular weight is 291 g/mol. The van der Waals surface area contributed by atoms with Gasteiger partial charge in [0.1, 0.15) is 5.82 Å². The molecule has 2 aromatic rings. The van der Waals surface area contributed by atoms with Gasteiger partial charge in [-0.05, 0) is 47.7 Å². The standard InChI is InChI=1S/C17H16ClFO/c18-16-6-5-15(19)9-14(16)11-17(20)8-7-12-3-1-2-4-13(12)10-17/h1-6,9,20H,7-8,10-11H2. The maximum Gasteiger partial charge on any atom is 0.123 e. The Morgan fingerprint density at radius 1 is 1.15 bits per heavy atom. The smallest absolute Gasteiger partial charge is 0.123 e. The van der Waals surface area contributed by atoms with Crippen LogP contribution in [0.3, 0.4) is 0 Å². The van der Waals surface area contributed by atoms with Gasteiger partial charge < -0.3 is 5.11 Å². The summed E-state index contributed by atoms with van der Waals surface area (Å²) < 4.78 is 13.3. The molecule has 0 saturated carbocycles. The number of aryl methyl sites for hydroxylation is 1. The molecule has 3 rings (SSSR count). The molecule has 1 nitrogen and oxygen atoms in total. The lowest BCUT2D eigenvalue weighted by molar-refractivity contribution is 0.0267. The molecule has 0 spiro atoms. The van der Waals surface area contributed by atoms with E-state index in [2.05, 4.69) is 6.07 Å². The van der Waals surface area contributed by atoms with Crippen molar-refractivity contribution in [1.82, 2.24) is 0 Å². The number of rotatable bonds is 2. The predicted octanol–water partition coefficient (Wildman–Crippen LogP) is 3.94. The van der Waals surface area contributed by atoms with Crippen LogP contribution >= 0.6 is 11.6 Å². The summed E-state index contributed by atoms with van der Waals surface area (Å²) >= 11 is 6.10. The zero-order valence-electron chi connectivity index (χ0n) is 11.1. The summed E-state index contributed by atoms with van der Waals surface area (Å²) in [7, 11) is 0. The highest BCUT2D eigenvalue weighted by Crippen LogP contribution is 2.33. The molecule has 1 atom stereocenters. The monoisotopic (exact) mass is 290 g/mol. The molecule has 0 aliphatic heterocycles. The predicted molar refractivity (Wildman–Crippen MR) is 78.5 cm³/mol. The van der Waals surface area contributed by atoms with Gasteiger partial charge in [0.15, 0.2) is 0 Å². The van der Waals surface area contributed by atoms with E-state index in [9.17, 15) is 9.50 Å². The minimum absolute atomic E-state index is 0.316. The molecule has 1 unspecified atom stereocenters.